The van der Waals surface area contributed by atoms with Gasteiger partial charge in [0.15, 0.2) is 0 Å². The molecule has 0 unspecified atom stereocenters. The molecule has 1 aromatic heterocycles. The van der Waals surface area contributed by atoms with E-state index in [1.807, 2.05) is 6.07 Å². The van der Waals surface area contributed by atoms with Crippen LogP contribution in [0.5, 0.6) is 11.5 Å². The highest BCUT2D eigenvalue weighted by Gasteiger charge is 2.35. The number of carbonyl (C=O) groups is 2. The molecule has 0 saturated carbocycles. The molecule has 2 amide bonds. The number of nitrogen functional groups attached to an aromatic ring is 1. The first-order valence-corrected chi connectivity index (χ1v) is 11.9. The van der Waals surface area contributed by atoms with Crippen molar-refractivity contribution in [3.05, 3.63) is 58.3 Å². The number of methoxy groups -OCH3 is 2. The summed E-state index contributed by atoms with van der Waals surface area (Å²) >= 11 is 0. The van der Waals surface area contributed by atoms with Crippen LogP contribution in [-0.4, -0.2) is 66.9 Å². The monoisotopic (exact) mass is 559 g/mol. The van der Waals surface area contributed by atoms with Gasteiger partial charge in [-0.15, -0.1) is 0 Å². The Bertz CT molecular complexity index is 1480. The number of hydrogen-bond donors (Lipinski definition) is 3. The van der Waals surface area contributed by atoms with E-state index < -0.39 is 11.7 Å². The second kappa shape index (κ2) is 10.8. The SMILES string of the molecule is CNc1nc(Nc2cc3c(cc2OC)CN(C)C3=O)ncc1C(F)(F)F.COc1cc2c(cc1N)C(=O)N(C)C2. The standard InChI is InChI=1S/C16H16F3N5O2.C10H12N2O2/c1-20-13-10(16(17,18)19)6-21-15(23-13)22-11-5-9-8(4-12(11)26-3)7-24(2)14(9)25;1-12-5-6-3-9(14-2)8(11)4-7(6)10(12)13/h4-6H,7H2,1-3H3,(H2,20,21,22,23);3-4H,5,11H2,1-2H3. The van der Waals surface area contributed by atoms with Gasteiger partial charge in [-0.05, 0) is 35.4 Å². The van der Waals surface area contributed by atoms with Gasteiger partial charge < -0.3 is 35.6 Å². The second-order valence-corrected chi connectivity index (χ2v) is 9.11. The van der Waals surface area contributed by atoms with Crippen LogP contribution in [0.15, 0.2) is 30.5 Å². The number of nitrogens with one attached hydrogen (secondary N) is 2. The van der Waals surface area contributed by atoms with E-state index in [0.29, 0.717) is 53.3 Å². The summed E-state index contributed by atoms with van der Waals surface area (Å²) in [6.45, 7) is 1.09. The number of nitrogens with two attached hydrogens (primary N) is 1. The fourth-order valence-corrected chi connectivity index (χ4v) is 4.39. The predicted octanol–water partition coefficient (Wildman–Crippen LogP) is 3.74. The molecule has 5 rings (SSSR count). The summed E-state index contributed by atoms with van der Waals surface area (Å²) in [4.78, 5) is 34.5. The molecular formula is C26H28F3N7O4. The number of fused-ring (bicyclic) bond motifs is 2. The van der Waals surface area contributed by atoms with Crippen LogP contribution in [0.3, 0.4) is 0 Å². The third-order valence-electron chi connectivity index (χ3n) is 6.43. The number of carbonyl (C=O) groups excluding carboxylic acids is 2. The molecule has 0 aliphatic carbocycles. The van der Waals surface area contributed by atoms with Gasteiger partial charge in [0.25, 0.3) is 11.8 Å². The largest absolute Gasteiger partial charge is 0.495 e. The number of halogens is 3. The number of hydrogen-bond acceptors (Lipinski definition) is 9. The van der Waals surface area contributed by atoms with Crippen molar-refractivity contribution >= 4 is 35.0 Å². The molecule has 11 nitrogen and oxygen atoms in total. The van der Waals surface area contributed by atoms with Gasteiger partial charge in [-0.2, -0.15) is 18.2 Å². The van der Waals surface area contributed by atoms with E-state index in [4.69, 9.17) is 15.2 Å². The van der Waals surface area contributed by atoms with Crippen molar-refractivity contribution in [1.82, 2.24) is 19.8 Å². The van der Waals surface area contributed by atoms with Gasteiger partial charge in [0.2, 0.25) is 5.95 Å². The first-order valence-electron chi connectivity index (χ1n) is 11.9. The lowest BCUT2D eigenvalue weighted by atomic mass is 10.1. The first-order chi connectivity index (χ1) is 18.9. The minimum atomic E-state index is -4.57. The number of ether oxygens (including phenoxy) is 2. The molecule has 0 fully saturated rings. The zero-order valence-corrected chi connectivity index (χ0v) is 22.4. The molecular weight excluding hydrogens is 531 g/mol. The van der Waals surface area contributed by atoms with E-state index >= 15 is 0 Å². The van der Waals surface area contributed by atoms with Crippen LogP contribution in [0.2, 0.25) is 0 Å². The molecule has 40 heavy (non-hydrogen) atoms. The maximum absolute atomic E-state index is 12.9. The predicted molar refractivity (Wildman–Crippen MR) is 142 cm³/mol. The molecule has 212 valence electrons. The Morgan fingerprint density at radius 3 is 2.00 bits per heavy atom. The summed E-state index contributed by atoms with van der Waals surface area (Å²) in [5.41, 5.74) is 8.61. The first kappa shape index (κ1) is 28.3. The fraction of sp³-hybridized carbons (Fsp3) is 0.308. The maximum atomic E-state index is 12.9. The van der Waals surface area contributed by atoms with E-state index in [1.54, 1.807) is 49.2 Å². The summed E-state index contributed by atoms with van der Waals surface area (Å²) in [5, 5.41) is 5.22. The Kier molecular flexibility index (Phi) is 7.62. The number of aromatic nitrogens is 2. The van der Waals surface area contributed by atoms with Crippen molar-refractivity contribution in [2.75, 3.05) is 51.7 Å². The highest BCUT2D eigenvalue weighted by Crippen LogP contribution is 2.36. The molecule has 2 aromatic carbocycles. The van der Waals surface area contributed by atoms with E-state index in [9.17, 15) is 22.8 Å². The summed E-state index contributed by atoms with van der Waals surface area (Å²) in [6.07, 6.45) is -3.88. The zero-order chi connectivity index (χ0) is 29.4. The molecule has 4 N–H and O–H groups in total. The third-order valence-corrected chi connectivity index (χ3v) is 6.43. The van der Waals surface area contributed by atoms with Crippen molar-refractivity contribution in [1.29, 1.82) is 0 Å². The highest BCUT2D eigenvalue weighted by atomic mass is 19.4. The molecule has 3 heterocycles. The van der Waals surface area contributed by atoms with Crippen LogP contribution in [0, 0.1) is 0 Å². The van der Waals surface area contributed by atoms with Crippen LogP contribution >= 0.6 is 0 Å². The van der Waals surface area contributed by atoms with Crippen LogP contribution in [0.1, 0.15) is 37.4 Å². The summed E-state index contributed by atoms with van der Waals surface area (Å²) in [7, 11) is 7.81. The smallest absolute Gasteiger partial charge is 0.421 e. The van der Waals surface area contributed by atoms with Crippen molar-refractivity contribution in [2.24, 2.45) is 0 Å². The Morgan fingerprint density at radius 2 is 1.48 bits per heavy atom. The van der Waals surface area contributed by atoms with Gasteiger partial charge in [-0.3, -0.25) is 9.59 Å². The average molecular weight is 560 g/mol. The Labute approximate surface area is 228 Å². The van der Waals surface area contributed by atoms with Crippen molar-refractivity contribution in [2.45, 2.75) is 19.3 Å². The van der Waals surface area contributed by atoms with Gasteiger partial charge in [-0.1, -0.05) is 0 Å². The number of nitrogens with zero attached hydrogens (tertiary/aromatic N) is 4. The molecule has 0 spiro atoms. The van der Waals surface area contributed by atoms with E-state index in [2.05, 4.69) is 20.6 Å². The Morgan fingerprint density at radius 1 is 0.925 bits per heavy atom. The van der Waals surface area contributed by atoms with Crippen molar-refractivity contribution in [3.63, 3.8) is 0 Å². The summed E-state index contributed by atoms with van der Waals surface area (Å²) in [6, 6.07) is 6.80. The quantitative estimate of drug-likeness (QED) is 0.400. The number of amides is 2. The molecule has 0 bridgehead atoms. The average Bonchev–Trinajstić information content (AvgIpc) is 3.35. The summed E-state index contributed by atoms with van der Waals surface area (Å²) in [5.74, 6) is 0.530. The molecule has 2 aliphatic rings. The number of rotatable bonds is 5. The molecule has 0 atom stereocenters. The Balaban J connectivity index is 0.000000222. The molecule has 3 aromatic rings. The van der Waals surface area contributed by atoms with Crippen LogP contribution in [0.4, 0.5) is 36.3 Å². The highest BCUT2D eigenvalue weighted by molar-refractivity contribution is 6.00. The van der Waals surface area contributed by atoms with Crippen molar-refractivity contribution < 1.29 is 32.2 Å². The number of benzene rings is 2. The minimum absolute atomic E-state index is 0.0225. The normalized spacial score (nSPS) is 13.9. The molecule has 0 saturated heterocycles. The van der Waals surface area contributed by atoms with Gasteiger partial charge in [0.1, 0.15) is 22.9 Å². The topological polar surface area (TPSA) is 135 Å². The number of alkyl halides is 3. The van der Waals surface area contributed by atoms with E-state index in [0.717, 1.165) is 11.1 Å². The number of anilines is 4. The van der Waals surface area contributed by atoms with Gasteiger partial charge >= 0.3 is 6.18 Å². The lowest BCUT2D eigenvalue weighted by Crippen LogP contribution is -2.17. The molecule has 14 heteroatoms. The third kappa shape index (κ3) is 5.37. The molecule has 2 aliphatic heterocycles. The second-order valence-electron chi connectivity index (χ2n) is 9.11. The van der Waals surface area contributed by atoms with E-state index in [1.165, 1.54) is 14.2 Å². The van der Waals surface area contributed by atoms with Crippen LogP contribution < -0.4 is 25.8 Å². The van der Waals surface area contributed by atoms with Gasteiger partial charge in [0, 0.05) is 51.6 Å². The lowest BCUT2D eigenvalue weighted by molar-refractivity contribution is -0.137. The fourth-order valence-electron chi connectivity index (χ4n) is 4.39. The van der Waals surface area contributed by atoms with Crippen LogP contribution in [-0.2, 0) is 19.3 Å². The Hall–Kier alpha value is -4.75. The maximum Gasteiger partial charge on any atom is 0.421 e. The van der Waals surface area contributed by atoms with Gasteiger partial charge in [0.05, 0.1) is 25.6 Å². The van der Waals surface area contributed by atoms with Crippen molar-refractivity contribution in [3.8, 4) is 11.5 Å². The van der Waals surface area contributed by atoms with Gasteiger partial charge in [-0.25, -0.2) is 4.98 Å². The zero-order valence-electron chi connectivity index (χ0n) is 22.4. The van der Waals surface area contributed by atoms with Crippen LogP contribution in [0.25, 0.3) is 0 Å². The van der Waals surface area contributed by atoms with E-state index in [-0.39, 0.29) is 23.6 Å². The minimum Gasteiger partial charge on any atom is -0.495 e. The lowest BCUT2D eigenvalue weighted by Gasteiger charge is -2.14. The summed E-state index contributed by atoms with van der Waals surface area (Å²) < 4.78 is 49.2. The molecule has 0 radical (unpaired) electrons.